The third-order valence-electron chi connectivity index (χ3n) is 3.03. The molecule has 0 bridgehead atoms. The molecule has 0 saturated carbocycles. The summed E-state index contributed by atoms with van der Waals surface area (Å²) in [5, 5.41) is 7.13. The fourth-order valence-corrected chi connectivity index (χ4v) is 2.66. The van der Waals surface area contributed by atoms with Gasteiger partial charge in [-0.2, -0.15) is 4.98 Å². The molecule has 1 saturated heterocycles. The number of nitrogens with one attached hydrogen (secondary N) is 1. The standard InChI is InChI=1S/C13H14FN3OS/c14-10-3-1-2-4-11(10)19-8-12-16-13(18-17-12)5-9-6-15-7-9/h1-4,9,15H,5-8H2. The molecule has 4 nitrogen and oxygen atoms in total. The Bertz CT molecular complexity index is 556. The lowest BCUT2D eigenvalue weighted by atomic mass is 10.00. The highest BCUT2D eigenvalue weighted by molar-refractivity contribution is 7.98. The van der Waals surface area contributed by atoms with Crippen molar-refractivity contribution in [3.05, 3.63) is 41.8 Å². The van der Waals surface area contributed by atoms with Crippen LogP contribution in [0.25, 0.3) is 0 Å². The molecular formula is C13H14FN3OS. The van der Waals surface area contributed by atoms with Gasteiger partial charge in [0.2, 0.25) is 5.89 Å². The number of aromatic nitrogens is 2. The first kappa shape index (κ1) is 12.6. The van der Waals surface area contributed by atoms with Crippen molar-refractivity contribution in [3.8, 4) is 0 Å². The van der Waals surface area contributed by atoms with Crippen molar-refractivity contribution >= 4 is 11.8 Å². The Morgan fingerprint density at radius 1 is 1.37 bits per heavy atom. The van der Waals surface area contributed by atoms with Gasteiger partial charge in [0.25, 0.3) is 0 Å². The van der Waals surface area contributed by atoms with Gasteiger partial charge in [-0.3, -0.25) is 0 Å². The first-order valence-corrected chi connectivity index (χ1v) is 7.19. The van der Waals surface area contributed by atoms with Crippen LogP contribution in [0.1, 0.15) is 11.7 Å². The lowest BCUT2D eigenvalue weighted by Crippen LogP contribution is -2.43. The molecule has 0 spiro atoms. The normalized spacial score (nSPS) is 15.4. The largest absolute Gasteiger partial charge is 0.339 e. The van der Waals surface area contributed by atoms with Crippen LogP contribution in [0.2, 0.25) is 0 Å². The molecule has 1 N–H and O–H groups in total. The van der Waals surface area contributed by atoms with Crippen molar-refractivity contribution < 1.29 is 8.91 Å². The van der Waals surface area contributed by atoms with Gasteiger partial charge in [-0.05, 0) is 31.1 Å². The monoisotopic (exact) mass is 279 g/mol. The summed E-state index contributed by atoms with van der Waals surface area (Å²) in [6.07, 6.45) is 0.824. The van der Waals surface area contributed by atoms with E-state index in [0.717, 1.165) is 19.5 Å². The summed E-state index contributed by atoms with van der Waals surface area (Å²) in [7, 11) is 0. The number of benzene rings is 1. The molecule has 3 rings (SSSR count). The average molecular weight is 279 g/mol. The van der Waals surface area contributed by atoms with Crippen LogP contribution in [0.4, 0.5) is 4.39 Å². The Kier molecular flexibility index (Phi) is 3.79. The maximum atomic E-state index is 13.4. The number of halogens is 1. The van der Waals surface area contributed by atoms with E-state index in [2.05, 4.69) is 15.5 Å². The summed E-state index contributed by atoms with van der Waals surface area (Å²) < 4.78 is 18.6. The van der Waals surface area contributed by atoms with Gasteiger partial charge in [-0.25, -0.2) is 4.39 Å². The number of rotatable bonds is 5. The lowest BCUT2D eigenvalue weighted by molar-refractivity contribution is 0.295. The predicted molar refractivity (Wildman–Crippen MR) is 70.3 cm³/mol. The van der Waals surface area contributed by atoms with Crippen LogP contribution in [0, 0.1) is 11.7 Å². The topological polar surface area (TPSA) is 51.0 Å². The molecule has 1 aliphatic rings. The maximum Gasteiger partial charge on any atom is 0.227 e. The van der Waals surface area contributed by atoms with Crippen LogP contribution in [0.15, 0.2) is 33.7 Å². The highest BCUT2D eigenvalue weighted by Crippen LogP contribution is 2.24. The van der Waals surface area contributed by atoms with Crippen molar-refractivity contribution in [1.82, 2.24) is 15.5 Å². The van der Waals surface area contributed by atoms with Gasteiger partial charge in [0.1, 0.15) is 5.82 Å². The Balaban J connectivity index is 1.56. The van der Waals surface area contributed by atoms with Gasteiger partial charge in [0.15, 0.2) is 5.82 Å². The smallest absolute Gasteiger partial charge is 0.227 e. The number of hydrogen-bond acceptors (Lipinski definition) is 5. The minimum absolute atomic E-state index is 0.211. The molecule has 0 atom stereocenters. The Hall–Kier alpha value is -1.40. The highest BCUT2D eigenvalue weighted by atomic mass is 32.2. The lowest BCUT2D eigenvalue weighted by Gasteiger charge is -2.25. The minimum Gasteiger partial charge on any atom is -0.339 e. The van der Waals surface area contributed by atoms with E-state index in [1.54, 1.807) is 12.1 Å². The average Bonchev–Trinajstić information content (AvgIpc) is 2.81. The Labute approximate surface area is 114 Å². The minimum atomic E-state index is -0.211. The van der Waals surface area contributed by atoms with Crippen molar-refractivity contribution in [3.63, 3.8) is 0 Å². The molecule has 2 aromatic rings. The first-order valence-electron chi connectivity index (χ1n) is 6.21. The summed E-state index contributed by atoms with van der Waals surface area (Å²) >= 11 is 1.38. The maximum absolute atomic E-state index is 13.4. The predicted octanol–water partition coefficient (Wildman–Crippen LogP) is 2.26. The van der Waals surface area contributed by atoms with E-state index in [9.17, 15) is 4.39 Å². The van der Waals surface area contributed by atoms with Crippen LogP contribution >= 0.6 is 11.8 Å². The van der Waals surface area contributed by atoms with Gasteiger partial charge >= 0.3 is 0 Å². The molecule has 1 aromatic heterocycles. The molecule has 2 heterocycles. The van der Waals surface area contributed by atoms with Gasteiger partial charge in [-0.15, -0.1) is 11.8 Å². The number of hydrogen-bond donors (Lipinski definition) is 1. The van der Waals surface area contributed by atoms with Crippen molar-refractivity contribution in [2.24, 2.45) is 5.92 Å². The molecule has 0 radical (unpaired) electrons. The Morgan fingerprint density at radius 2 is 2.21 bits per heavy atom. The molecule has 100 valence electrons. The van der Waals surface area contributed by atoms with Gasteiger partial charge in [-0.1, -0.05) is 17.3 Å². The third kappa shape index (κ3) is 3.13. The number of thioether (sulfide) groups is 1. The second-order valence-electron chi connectivity index (χ2n) is 4.55. The summed E-state index contributed by atoms with van der Waals surface area (Å²) in [6.45, 7) is 2.03. The zero-order valence-electron chi connectivity index (χ0n) is 10.3. The van der Waals surface area contributed by atoms with E-state index < -0.39 is 0 Å². The van der Waals surface area contributed by atoms with E-state index in [1.165, 1.54) is 17.8 Å². The number of nitrogens with zero attached hydrogens (tertiary/aromatic N) is 2. The molecule has 1 aromatic carbocycles. The van der Waals surface area contributed by atoms with Crippen LogP contribution in [0.3, 0.4) is 0 Å². The molecule has 0 amide bonds. The molecule has 6 heteroatoms. The zero-order chi connectivity index (χ0) is 13.1. The quantitative estimate of drug-likeness (QED) is 0.851. The van der Waals surface area contributed by atoms with E-state index in [4.69, 9.17) is 4.52 Å². The van der Waals surface area contributed by atoms with Crippen LogP contribution in [0.5, 0.6) is 0 Å². The summed E-state index contributed by atoms with van der Waals surface area (Å²) in [6, 6.07) is 6.70. The van der Waals surface area contributed by atoms with Gasteiger partial charge in [0.05, 0.1) is 5.75 Å². The fraction of sp³-hybridized carbons (Fsp3) is 0.385. The van der Waals surface area contributed by atoms with Crippen LogP contribution < -0.4 is 5.32 Å². The summed E-state index contributed by atoms with van der Waals surface area (Å²) in [5.41, 5.74) is 0. The molecule has 1 fully saturated rings. The van der Waals surface area contributed by atoms with Gasteiger partial charge in [0, 0.05) is 11.3 Å². The summed E-state index contributed by atoms with van der Waals surface area (Å²) in [5.74, 6) is 2.21. The molecule has 1 aliphatic heterocycles. The van der Waals surface area contributed by atoms with E-state index in [-0.39, 0.29) is 5.82 Å². The summed E-state index contributed by atoms with van der Waals surface area (Å²) in [4.78, 5) is 4.94. The second kappa shape index (κ2) is 5.71. The molecular weight excluding hydrogens is 265 g/mol. The fourth-order valence-electron chi connectivity index (χ4n) is 1.88. The van der Waals surface area contributed by atoms with E-state index in [0.29, 0.717) is 28.3 Å². The zero-order valence-corrected chi connectivity index (χ0v) is 11.1. The second-order valence-corrected chi connectivity index (χ2v) is 5.57. The van der Waals surface area contributed by atoms with Crippen LogP contribution in [-0.4, -0.2) is 23.2 Å². The van der Waals surface area contributed by atoms with Crippen LogP contribution in [-0.2, 0) is 12.2 Å². The van der Waals surface area contributed by atoms with Crippen molar-refractivity contribution in [1.29, 1.82) is 0 Å². The van der Waals surface area contributed by atoms with Crippen molar-refractivity contribution in [2.75, 3.05) is 13.1 Å². The SMILES string of the molecule is Fc1ccccc1SCc1noc(CC2CNC2)n1. The molecule has 0 aliphatic carbocycles. The first-order chi connectivity index (χ1) is 9.31. The van der Waals surface area contributed by atoms with E-state index >= 15 is 0 Å². The Morgan fingerprint density at radius 3 is 2.95 bits per heavy atom. The highest BCUT2D eigenvalue weighted by Gasteiger charge is 2.20. The third-order valence-corrected chi connectivity index (χ3v) is 4.08. The molecule has 0 unspecified atom stereocenters. The van der Waals surface area contributed by atoms with Crippen molar-refractivity contribution in [2.45, 2.75) is 17.1 Å². The van der Waals surface area contributed by atoms with E-state index in [1.807, 2.05) is 6.07 Å². The molecule has 19 heavy (non-hydrogen) atoms. The van der Waals surface area contributed by atoms with Gasteiger partial charge < -0.3 is 9.84 Å².